The minimum atomic E-state index is -0.114. The van der Waals surface area contributed by atoms with E-state index in [-0.39, 0.29) is 6.10 Å². The second-order valence-electron chi connectivity index (χ2n) is 12.8. The van der Waals surface area contributed by atoms with Gasteiger partial charge in [-0.05, 0) is 65.1 Å². The Morgan fingerprint density at radius 3 is 1.94 bits per heavy atom. The van der Waals surface area contributed by atoms with Crippen LogP contribution in [-0.4, -0.2) is 4.40 Å². The molecular formula is C44H27NO2. The Kier molecular flexibility index (Phi) is 4.83. The third kappa shape index (κ3) is 3.30. The Morgan fingerprint density at radius 2 is 1.11 bits per heavy atom. The molecule has 1 unspecified atom stereocenters. The van der Waals surface area contributed by atoms with Gasteiger partial charge < -0.3 is 13.6 Å². The second kappa shape index (κ2) is 9.02. The summed E-state index contributed by atoms with van der Waals surface area (Å²) in [7, 11) is 0. The first-order valence-corrected chi connectivity index (χ1v) is 16.2. The highest BCUT2D eigenvalue weighted by molar-refractivity contribution is 6.29. The standard InChI is InChI=1S/C44H27NO2/c1-25-40-32(30-11-5-7-13-38(30)46-25)19-20-33-36-23-29(28-17-15-27(16-18-28)26-9-3-2-4-10-26)24-37-34-21-22-35-31-12-6-8-14-39(31)47-44(35)43(34)45(41(36)37)42(33)40/h2-25H,1H3. The zero-order chi connectivity index (χ0) is 30.8. The summed E-state index contributed by atoms with van der Waals surface area (Å²) in [4.78, 5) is 0. The molecule has 47 heavy (non-hydrogen) atoms. The van der Waals surface area contributed by atoms with Gasteiger partial charge in [-0.1, -0.05) is 109 Å². The van der Waals surface area contributed by atoms with Crippen molar-refractivity contribution in [1.82, 2.24) is 4.40 Å². The summed E-state index contributed by atoms with van der Waals surface area (Å²) in [6.07, 6.45) is -0.114. The van der Waals surface area contributed by atoms with Gasteiger partial charge in [-0.25, -0.2) is 0 Å². The molecule has 0 radical (unpaired) electrons. The molecule has 3 heteroatoms. The highest BCUT2D eigenvalue weighted by Gasteiger charge is 2.30. The van der Waals surface area contributed by atoms with E-state index in [0.717, 1.165) is 38.8 Å². The van der Waals surface area contributed by atoms with Crippen molar-refractivity contribution in [2.75, 3.05) is 0 Å². The van der Waals surface area contributed by atoms with Gasteiger partial charge in [-0.2, -0.15) is 0 Å². The summed E-state index contributed by atoms with van der Waals surface area (Å²) in [5, 5.41) is 7.18. The third-order valence-corrected chi connectivity index (χ3v) is 10.3. The monoisotopic (exact) mass is 601 g/mol. The van der Waals surface area contributed by atoms with Crippen molar-refractivity contribution in [2.24, 2.45) is 0 Å². The van der Waals surface area contributed by atoms with Crippen LogP contribution in [0.3, 0.4) is 0 Å². The van der Waals surface area contributed by atoms with Crippen molar-refractivity contribution in [1.29, 1.82) is 0 Å². The van der Waals surface area contributed by atoms with E-state index < -0.39 is 0 Å². The van der Waals surface area contributed by atoms with Crippen molar-refractivity contribution in [2.45, 2.75) is 13.0 Å². The topological polar surface area (TPSA) is 26.8 Å². The van der Waals surface area contributed by atoms with Gasteiger partial charge >= 0.3 is 0 Å². The van der Waals surface area contributed by atoms with Crippen molar-refractivity contribution in [3.63, 3.8) is 0 Å². The maximum Gasteiger partial charge on any atom is 0.160 e. The number of ether oxygens (including phenoxy) is 1. The number of aromatic nitrogens is 1. The molecule has 3 aromatic heterocycles. The van der Waals surface area contributed by atoms with Crippen LogP contribution in [0, 0.1) is 0 Å². The van der Waals surface area contributed by atoms with Gasteiger partial charge in [0.15, 0.2) is 5.58 Å². The Hall–Kier alpha value is -6.06. The van der Waals surface area contributed by atoms with E-state index in [4.69, 9.17) is 9.15 Å². The lowest BCUT2D eigenvalue weighted by molar-refractivity contribution is 0.225. The fourth-order valence-corrected chi connectivity index (χ4v) is 8.24. The molecule has 1 atom stereocenters. The fraction of sp³-hybridized carbons (Fsp3) is 0.0455. The first-order valence-electron chi connectivity index (χ1n) is 16.2. The number of benzene rings is 7. The Bertz CT molecular complexity index is 2870. The molecule has 4 heterocycles. The van der Waals surface area contributed by atoms with Crippen LogP contribution in [-0.2, 0) is 0 Å². The predicted octanol–water partition coefficient (Wildman–Crippen LogP) is 12.2. The Morgan fingerprint density at radius 1 is 0.468 bits per heavy atom. The highest BCUT2D eigenvalue weighted by Crippen LogP contribution is 2.50. The van der Waals surface area contributed by atoms with Crippen molar-refractivity contribution >= 4 is 60.0 Å². The van der Waals surface area contributed by atoms with E-state index in [1.807, 2.05) is 6.07 Å². The molecule has 0 aliphatic carbocycles. The minimum Gasteiger partial charge on any atom is -0.485 e. The predicted molar refractivity (Wildman–Crippen MR) is 194 cm³/mol. The molecule has 0 amide bonds. The summed E-state index contributed by atoms with van der Waals surface area (Å²) < 4.78 is 15.8. The first kappa shape index (κ1) is 25.2. The molecule has 1 aliphatic heterocycles. The molecule has 11 rings (SSSR count). The molecule has 0 bridgehead atoms. The van der Waals surface area contributed by atoms with Crippen LogP contribution in [0.25, 0.3) is 93.4 Å². The van der Waals surface area contributed by atoms with Gasteiger partial charge in [0.1, 0.15) is 17.4 Å². The Balaban J connectivity index is 1.28. The maximum absolute atomic E-state index is 6.72. The largest absolute Gasteiger partial charge is 0.485 e. The molecule has 10 aromatic rings. The summed E-state index contributed by atoms with van der Waals surface area (Å²) in [5.41, 5.74) is 13.8. The highest BCUT2D eigenvalue weighted by atomic mass is 16.5. The van der Waals surface area contributed by atoms with E-state index >= 15 is 0 Å². The van der Waals surface area contributed by atoms with Crippen LogP contribution in [0.2, 0.25) is 0 Å². The van der Waals surface area contributed by atoms with Gasteiger partial charge in [0.05, 0.1) is 16.6 Å². The van der Waals surface area contributed by atoms with Gasteiger partial charge in [-0.15, -0.1) is 0 Å². The molecule has 0 saturated heterocycles. The summed E-state index contributed by atoms with van der Waals surface area (Å²) in [5.74, 6) is 0.936. The lowest BCUT2D eigenvalue weighted by Crippen LogP contribution is -2.12. The quantitative estimate of drug-likeness (QED) is 0.197. The maximum atomic E-state index is 6.72. The van der Waals surface area contributed by atoms with Crippen LogP contribution in [0.15, 0.2) is 144 Å². The van der Waals surface area contributed by atoms with Crippen LogP contribution in [0.4, 0.5) is 0 Å². The van der Waals surface area contributed by atoms with Crippen molar-refractivity contribution in [3.8, 4) is 39.1 Å². The van der Waals surface area contributed by atoms with Crippen LogP contribution >= 0.6 is 0 Å². The van der Waals surface area contributed by atoms with Crippen LogP contribution in [0.5, 0.6) is 5.75 Å². The number of fused-ring (bicyclic) bond motifs is 14. The second-order valence-corrected chi connectivity index (χ2v) is 12.8. The number of nitrogens with zero attached hydrogens (tertiary/aromatic N) is 1. The molecule has 220 valence electrons. The molecular weight excluding hydrogens is 574 g/mol. The number of rotatable bonds is 2. The molecule has 0 saturated carbocycles. The lowest BCUT2D eigenvalue weighted by Gasteiger charge is -2.27. The van der Waals surface area contributed by atoms with E-state index in [9.17, 15) is 0 Å². The van der Waals surface area contributed by atoms with Gasteiger partial charge in [0, 0.05) is 43.4 Å². The third-order valence-electron chi connectivity index (χ3n) is 10.3. The van der Waals surface area contributed by atoms with Crippen LogP contribution in [0.1, 0.15) is 18.6 Å². The first-order chi connectivity index (χ1) is 23.2. The molecule has 0 spiro atoms. The average molecular weight is 602 g/mol. The van der Waals surface area contributed by atoms with E-state index in [1.54, 1.807) is 0 Å². The van der Waals surface area contributed by atoms with Crippen molar-refractivity contribution < 1.29 is 9.15 Å². The molecule has 3 nitrogen and oxygen atoms in total. The van der Waals surface area contributed by atoms with Gasteiger partial charge in [0.2, 0.25) is 0 Å². The fourth-order valence-electron chi connectivity index (χ4n) is 8.24. The van der Waals surface area contributed by atoms with Crippen molar-refractivity contribution in [3.05, 3.63) is 145 Å². The SMILES string of the molecule is CC1Oc2ccccc2-c2ccc3c4cc(-c5ccc(-c6ccccc6)cc5)cc5c6ccc7c8ccccc8oc7c6n(c3c21)c45. The zero-order valence-electron chi connectivity index (χ0n) is 25.6. The zero-order valence-corrected chi connectivity index (χ0v) is 25.6. The van der Waals surface area contributed by atoms with Gasteiger partial charge in [-0.3, -0.25) is 0 Å². The lowest BCUT2D eigenvalue weighted by atomic mass is 9.90. The number of furan rings is 1. The summed E-state index contributed by atoms with van der Waals surface area (Å²) in [6, 6.07) is 50.2. The minimum absolute atomic E-state index is 0.114. The summed E-state index contributed by atoms with van der Waals surface area (Å²) >= 11 is 0. The molecule has 7 aromatic carbocycles. The molecule has 0 fully saturated rings. The van der Waals surface area contributed by atoms with Crippen LogP contribution < -0.4 is 4.74 Å². The smallest absolute Gasteiger partial charge is 0.160 e. The Labute approximate surface area is 270 Å². The average Bonchev–Trinajstić information content (AvgIpc) is 3.78. The van der Waals surface area contributed by atoms with E-state index in [2.05, 4.69) is 145 Å². The number of hydrogen-bond acceptors (Lipinski definition) is 2. The normalized spacial score (nSPS) is 14.4. The molecule has 0 N–H and O–H groups in total. The number of hydrogen-bond donors (Lipinski definition) is 0. The summed E-state index contributed by atoms with van der Waals surface area (Å²) in [6.45, 7) is 2.18. The molecule has 1 aliphatic rings. The van der Waals surface area contributed by atoms with E-state index in [0.29, 0.717) is 0 Å². The number of para-hydroxylation sites is 2. The van der Waals surface area contributed by atoms with Gasteiger partial charge in [0.25, 0.3) is 0 Å². The van der Waals surface area contributed by atoms with E-state index in [1.165, 1.54) is 66.0 Å².